The molecule has 4 aromatic rings. The fourth-order valence-corrected chi connectivity index (χ4v) is 8.15. The third kappa shape index (κ3) is 7.18. The van der Waals surface area contributed by atoms with Crippen LogP contribution in [-0.2, 0) is 62.2 Å². The summed E-state index contributed by atoms with van der Waals surface area (Å²) >= 11 is 7.55. The van der Waals surface area contributed by atoms with Crippen LogP contribution in [0.5, 0.6) is 0 Å². The largest absolute Gasteiger partial charge is 0.0561 e. The first-order valence-electron chi connectivity index (χ1n) is 16.4. The second-order valence-electron chi connectivity index (χ2n) is 15.2. The molecule has 8 bridgehead atoms. The van der Waals surface area contributed by atoms with Gasteiger partial charge in [-0.05, 0) is 153 Å². The first-order valence-corrected chi connectivity index (χ1v) is 18.0. The van der Waals surface area contributed by atoms with Crippen LogP contribution in [-0.4, -0.2) is 0 Å². The zero-order valence-electron chi connectivity index (χ0n) is 27.3. The van der Waals surface area contributed by atoms with Crippen LogP contribution < -0.4 is 0 Å². The van der Waals surface area contributed by atoms with Gasteiger partial charge in [0.25, 0.3) is 0 Å². The minimum absolute atomic E-state index is 0.120. The summed E-state index contributed by atoms with van der Waals surface area (Å²) in [6, 6.07) is 24.1. The average Bonchev–Trinajstić information content (AvgIpc) is 2.93. The molecule has 2 aliphatic rings. The molecule has 0 unspecified atom stereocenters. The molecule has 4 aromatic carbocycles. The number of benzene rings is 4. The summed E-state index contributed by atoms with van der Waals surface area (Å²) < 4.78 is 2.41. The maximum atomic E-state index is 3.77. The van der Waals surface area contributed by atoms with Gasteiger partial charge in [0.1, 0.15) is 0 Å². The molecule has 0 saturated carbocycles. The highest BCUT2D eigenvalue weighted by molar-refractivity contribution is 9.10. The fraction of sp³-hybridized carbons (Fsp3) is 0.381. The summed E-state index contributed by atoms with van der Waals surface area (Å²) in [5, 5.41) is 0. The lowest BCUT2D eigenvalue weighted by atomic mass is 9.79. The van der Waals surface area contributed by atoms with Gasteiger partial charge < -0.3 is 0 Å². The van der Waals surface area contributed by atoms with Gasteiger partial charge in [-0.3, -0.25) is 0 Å². The van der Waals surface area contributed by atoms with Crippen molar-refractivity contribution in [3.63, 3.8) is 0 Å². The van der Waals surface area contributed by atoms with Gasteiger partial charge in [-0.1, -0.05) is 122 Å². The Morgan fingerprint density at radius 1 is 0.409 bits per heavy atom. The maximum absolute atomic E-state index is 3.77. The van der Waals surface area contributed by atoms with Gasteiger partial charge in [0.15, 0.2) is 0 Å². The highest BCUT2D eigenvalue weighted by atomic mass is 79.9. The van der Waals surface area contributed by atoms with E-state index in [4.69, 9.17) is 0 Å². The van der Waals surface area contributed by atoms with E-state index in [1.54, 1.807) is 0 Å². The molecule has 0 aromatic heterocycles. The zero-order chi connectivity index (χ0) is 31.2. The number of halogens is 2. The average molecular weight is 711 g/mol. The molecule has 0 fully saturated rings. The maximum Gasteiger partial charge on any atom is 0.0180 e. The van der Waals surface area contributed by atoms with Gasteiger partial charge >= 0.3 is 0 Å². The van der Waals surface area contributed by atoms with Gasteiger partial charge in [0.05, 0.1) is 0 Å². The first-order chi connectivity index (χ1) is 20.8. The first kappa shape index (κ1) is 31.6. The van der Waals surface area contributed by atoms with Gasteiger partial charge in [-0.15, -0.1) is 0 Å². The van der Waals surface area contributed by atoms with Crippen LogP contribution >= 0.6 is 31.9 Å². The zero-order valence-corrected chi connectivity index (χ0v) is 30.5. The van der Waals surface area contributed by atoms with E-state index in [0.717, 1.165) is 51.4 Å². The van der Waals surface area contributed by atoms with E-state index in [1.165, 1.54) is 75.7 Å². The van der Waals surface area contributed by atoms with Crippen LogP contribution in [0, 0.1) is 0 Å². The Morgan fingerprint density at radius 3 is 0.932 bits per heavy atom. The number of rotatable bonds is 2. The van der Waals surface area contributed by atoms with E-state index in [1.807, 2.05) is 0 Å². The molecule has 228 valence electrons. The lowest BCUT2D eigenvalue weighted by Gasteiger charge is -2.25. The SMILES string of the molecule is CC(C)(C)c1cc2c(/C=C\c3c4cc(C(C)(C)C)cc3CCc3cc(Br)cc(c3)CC4)c(c1)CCc1cc(Br)cc(c1)CC2. The summed E-state index contributed by atoms with van der Waals surface area (Å²) in [7, 11) is 0. The molecule has 0 saturated heterocycles. The topological polar surface area (TPSA) is 0 Å². The fourth-order valence-electron chi connectivity index (χ4n) is 6.97. The minimum Gasteiger partial charge on any atom is -0.0561 e. The minimum atomic E-state index is 0.120. The molecular weight excluding hydrogens is 664 g/mol. The quantitative estimate of drug-likeness (QED) is 0.182. The molecule has 0 atom stereocenters. The van der Waals surface area contributed by atoms with E-state index in [0.29, 0.717) is 0 Å². The third-order valence-corrected chi connectivity index (χ3v) is 10.5. The molecule has 0 spiro atoms. The van der Waals surface area contributed by atoms with Crippen LogP contribution in [0.2, 0.25) is 0 Å². The van der Waals surface area contributed by atoms with E-state index >= 15 is 0 Å². The summed E-state index contributed by atoms with van der Waals surface area (Å²) in [6.45, 7) is 14.1. The predicted octanol–water partition coefficient (Wildman–Crippen LogP) is 11.7. The number of hydrogen-bond acceptors (Lipinski definition) is 0. The molecule has 0 heterocycles. The Bertz CT molecular complexity index is 1520. The van der Waals surface area contributed by atoms with Crippen molar-refractivity contribution in [2.45, 2.75) is 104 Å². The molecule has 2 heteroatoms. The molecule has 0 aliphatic heterocycles. The molecule has 2 aliphatic carbocycles. The van der Waals surface area contributed by atoms with Gasteiger partial charge in [0.2, 0.25) is 0 Å². The van der Waals surface area contributed by atoms with Crippen molar-refractivity contribution in [3.05, 3.63) is 136 Å². The Balaban J connectivity index is 1.47. The van der Waals surface area contributed by atoms with Gasteiger partial charge in [-0.2, -0.15) is 0 Å². The van der Waals surface area contributed by atoms with Crippen molar-refractivity contribution in [2.24, 2.45) is 0 Å². The van der Waals surface area contributed by atoms with E-state index < -0.39 is 0 Å². The molecule has 0 radical (unpaired) electrons. The summed E-state index contributed by atoms with van der Waals surface area (Å²) in [6.07, 6.45) is 13.4. The third-order valence-electron chi connectivity index (χ3n) is 9.62. The predicted molar refractivity (Wildman–Crippen MR) is 197 cm³/mol. The van der Waals surface area contributed by atoms with Crippen LogP contribution in [0.15, 0.2) is 69.6 Å². The molecule has 0 N–H and O–H groups in total. The monoisotopic (exact) mass is 708 g/mol. The molecular formula is C42H46Br2. The molecule has 6 rings (SSSR count). The van der Waals surface area contributed by atoms with Crippen molar-refractivity contribution in [1.29, 1.82) is 0 Å². The Hall–Kier alpha value is -2.42. The number of fused-ring (bicyclic) bond motifs is 8. The van der Waals surface area contributed by atoms with Crippen molar-refractivity contribution >= 4 is 44.0 Å². The molecule has 0 amide bonds. The van der Waals surface area contributed by atoms with Gasteiger partial charge in [-0.25, -0.2) is 0 Å². The second-order valence-corrected chi connectivity index (χ2v) is 17.0. The highest BCUT2D eigenvalue weighted by Crippen LogP contribution is 2.35. The van der Waals surface area contributed by atoms with Crippen LogP contribution in [0.1, 0.15) is 108 Å². The smallest absolute Gasteiger partial charge is 0.0180 e. The van der Waals surface area contributed by atoms with Crippen LogP contribution in [0.25, 0.3) is 12.2 Å². The molecule has 0 nitrogen and oxygen atoms in total. The number of aryl methyl sites for hydroxylation is 8. The Labute approximate surface area is 282 Å². The number of hydrogen-bond donors (Lipinski definition) is 0. The second kappa shape index (κ2) is 12.4. The lowest BCUT2D eigenvalue weighted by Crippen LogP contribution is -2.15. The van der Waals surface area contributed by atoms with Crippen molar-refractivity contribution < 1.29 is 0 Å². The van der Waals surface area contributed by atoms with Crippen molar-refractivity contribution in [2.75, 3.05) is 0 Å². The lowest BCUT2D eigenvalue weighted by molar-refractivity contribution is 0.587. The summed E-state index contributed by atoms with van der Waals surface area (Å²) in [5.74, 6) is 0. The highest BCUT2D eigenvalue weighted by Gasteiger charge is 2.22. The summed E-state index contributed by atoms with van der Waals surface area (Å²) in [5.41, 5.74) is 17.7. The van der Waals surface area contributed by atoms with Crippen molar-refractivity contribution in [3.8, 4) is 0 Å². The standard InChI is InChI=1S/C42H46Br2/c1-41(2,3)35-23-31-11-7-27-17-28(20-37(43)19-27)8-12-32(24-35)39(31)15-16-40-33-13-9-29-18-30(22-38(44)21-29)10-14-34(40)26-36(25-33)42(4,5)6/h15-26H,7-14H2,1-6H3/b16-15-. The Kier molecular flexibility index (Phi) is 8.90. The van der Waals surface area contributed by atoms with E-state index in [-0.39, 0.29) is 10.8 Å². The van der Waals surface area contributed by atoms with Gasteiger partial charge in [0, 0.05) is 8.95 Å². The molecule has 44 heavy (non-hydrogen) atoms. The summed E-state index contributed by atoms with van der Waals surface area (Å²) in [4.78, 5) is 0. The van der Waals surface area contributed by atoms with E-state index in [9.17, 15) is 0 Å². The Morgan fingerprint density at radius 2 is 0.682 bits per heavy atom. The van der Waals surface area contributed by atoms with Crippen LogP contribution in [0.3, 0.4) is 0 Å². The van der Waals surface area contributed by atoms with Crippen molar-refractivity contribution in [1.82, 2.24) is 0 Å². The van der Waals surface area contributed by atoms with Crippen LogP contribution in [0.4, 0.5) is 0 Å². The normalized spacial score (nSPS) is 15.4. The van der Waals surface area contributed by atoms with E-state index in [2.05, 4.69) is 146 Å².